The van der Waals surface area contributed by atoms with Crippen LogP contribution in [0.3, 0.4) is 0 Å². The molecule has 0 amide bonds. The van der Waals surface area contributed by atoms with E-state index in [4.69, 9.17) is 17.3 Å². The maximum atomic E-state index is 13.4. The number of aromatic amines is 1. The summed E-state index contributed by atoms with van der Waals surface area (Å²) >= 11 is 4.99. The van der Waals surface area contributed by atoms with Crippen molar-refractivity contribution in [3.8, 4) is 0 Å². The van der Waals surface area contributed by atoms with Gasteiger partial charge in [-0.2, -0.15) is 0 Å². The number of rotatable bonds is 3. The lowest BCUT2D eigenvalue weighted by Crippen LogP contribution is -2.06. The molecule has 2 N–H and O–H groups in total. The maximum absolute atomic E-state index is 13.4. The first-order valence-electron chi connectivity index (χ1n) is 4.93. The van der Waals surface area contributed by atoms with Crippen molar-refractivity contribution in [2.24, 2.45) is 0 Å². The summed E-state index contributed by atoms with van der Waals surface area (Å²) in [6, 6.07) is 3.24. The van der Waals surface area contributed by atoms with E-state index in [0.29, 0.717) is 10.5 Å². The molecule has 1 heterocycles. The fraction of sp³-hybridized carbons (Fsp3) is 0.182. The molecule has 0 aliphatic carbocycles. The van der Waals surface area contributed by atoms with E-state index in [2.05, 4.69) is 4.98 Å². The molecule has 1 aromatic heterocycles. The number of aromatic nitrogens is 2. The summed E-state index contributed by atoms with van der Waals surface area (Å²) in [7, 11) is 0. The van der Waals surface area contributed by atoms with Crippen LogP contribution in [0.2, 0.25) is 0 Å². The van der Waals surface area contributed by atoms with Crippen molar-refractivity contribution < 1.29 is 13.9 Å². The molecule has 0 spiro atoms. The van der Waals surface area contributed by atoms with Crippen molar-refractivity contribution in [1.29, 1.82) is 0 Å². The number of aliphatic hydroxyl groups is 1. The number of halogens is 2. The summed E-state index contributed by atoms with van der Waals surface area (Å²) in [6.07, 6.45) is 1.54. The minimum atomic E-state index is -0.506. The van der Waals surface area contributed by atoms with Crippen molar-refractivity contribution in [3.63, 3.8) is 0 Å². The molecule has 17 heavy (non-hydrogen) atoms. The van der Waals surface area contributed by atoms with Gasteiger partial charge in [-0.15, -0.1) is 0 Å². The van der Waals surface area contributed by atoms with Crippen LogP contribution < -0.4 is 0 Å². The third-order valence-electron chi connectivity index (χ3n) is 2.45. The average molecular weight is 256 g/mol. The van der Waals surface area contributed by atoms with Crippen LogP contribution in [-0.2, 0) is 13.2 Å². The van der Waals surface area contributed by atoms with Gasteiger partial charge in [0.15, 0.2) is 4.77 Å². The molecule has 2 aromatic rings. The molecule has 6 heteroatoms. The molecule has 0 fully saturated rings. The number of nitrogens with zero attached hydrogens (tertiary/aromatic N) is 1. The normalized spacial score (nSPS) is 10.8. The Balaban J connectivity index is 2.40. The van der Waals surface area contributed by atoms with Gasteiger partial charge in [0.1, 0.15) is 11.6 Å². The summed E-state index contributed by atoms with van der Waals surface area (Å²) in [5.41, 5.74) is 0.717. The molecule has 0 aliphatic rings. The topological polar surface area (TPSA) is 40.9 Å². The summed E-state index contributed by atoms with van der Waals surface area (Å²) in [5.74, 6) is -1.01. The van der Waals surface area contributed by atoms with Gasteiger partial charge < -0.3 is 14.7 Å². The predicted octanol–water partition coefficient (Wildman–Crippen LogP) is 2.36. The van der Waals surface area contributed by atoms with Gasteiger partial charge >= 0.3 is 0 Å². The van der Waals surface area contributed by atoms with E-state index in [-0.39, 0.29) is 18.7 Å². The molecule has 0 unspecified atom stereocenters. The lowest BCUT2D eigenvalue weighted by atomic mass is 10.2. The van der Waals surface area contributed by atoms with E-state index in [0.717, 1.165) is 18.2 Å². The fourth-order valence-corrected chi connectivity index (χ4v) is 1.81. The number of imidazole rings is 1. The first-order chi connectivity index (χ1) is 8.11. The Bertz CT molecular complexity index is 591. The van der Waals surface area contributed by atoms with E-state index >= 15 is 0 Å². The van der Waals surface area contributed by atoms with Crippen LogP contribution >= 0.6 is 12.2 Å². The molecular weight excluding hydrogens is 246 g/mol. The number of H-pyrrole nitrogens is 1. The highest BCUT2D eigenvalue weighted by atomic mass is 32.1. The average Bonchev–Trinajstić information content (AvgIpc) is 2.65. The molecule has 0 atom stereocenters. The summed E-state index contributed by atoms with van der Waals surface area (Å²) in [5, 5.41) is 9.08. The molecular formula is C11H10F2N2OS. The van der Waals surface area contributed by atoms with E-state index in [1.165, 1.54) is 4.57 Å². The molecule has 0 radical (unpaired) electrons. The Morgan fingerprint density at radius 3 is 2.82 bits per heavy atom. The van der Waals surface area contributed by atoms with Gasteiger partial charge in [0, 0.05) is 11.8 Å². The van der Waals surface area contributed by atoms with Crippen molar-refractivity contribution in [2.45, 2.75) is 13.2 Å². The second-order valence-electron chi connectivity index (χ2n) is 3.57. The van der Waals surface area contributed by atoms with Gasteiger partial charge in [0.2, 0.25) is 0 Å². The molecule has 0 bridgehead atoms. The third kappa shape index (κ3) is 2.42. The quantitative estimate of drug-likeness (QED) is 0.828. The standard InChI is InChI=1S/C11H10F2N2OS/c12-8-1-2-10(13)7(3-8)5-15-9(6-16)4-14-11(15)17/h1-4,16H,5-6H2,(H,14,17). The van der Waals surface area contributed by atoms with E-state index < -0.39 is 11.6 Å². The minimum Gasteiger partial charge on any atom is -0.390 e. The summed E-state index contributed by atoms with van der Waals surface area (Å²) in [4.78, 5) is 2.74. The Morgan fingerprint density at radius 2 is 2.12 bits per heavy atom. The predicted molar refractivity (Wildman–Crippen MR) is 61.0 cm³/mol. The zero-order valence-corrected chi connectivity index (χ0v) is 9.60. The van der Waals surface area contributed by atoms with Crippen LogP contribution in [0.25, 0.3) is 0 Å². The van der Waals surface area contributed by atoms with Gasteiger partial charge in [-0.25, -0.2) is 8.78 Å². The monoisotopic (exact) mass is 256 g/mol. The van der Waals surface area contributed by atoms with Crippen molar-refractivity contribution >= 4 is 12.2 Å². The number of hydrogen-bond acceptors (Lipinski definition) is 2. The lowest BCUT2D eigenvalue weighted by Gasteiger charge is -2.07. The highest BCUT2D eigenvalue weighted by molar-refractivity contribution is 7.71. The highest BCUT2D eigenvalue weighted by Gasteiger charge is 2.08. The van der Waals surface area contributed by atoms with E-state index in [1.54, 1.807) is 6.20 Å². The van der Waals surface area contributed by atoms with Crippen LogP contribution in [0.5, 0.6) is 0 Å². The first kappa shape index (κ1) is 11.9. The van der Waals surface area contributed by atoms with Crippen LogP contribution in [0.4, 0.5) is 8.78 Å². The van der Waals surface area contributed by atoms with Gasteiger partial charge in [-0.1, -0.05) is 0 Å². The maximum Gasteiger partial charge on any atom is 0.177 e. The van der Waals surface area contributed by atoms with Crippen molar-refractivity contribution in [2.75, 3.05) is 0 Å². The zero-order chi connectivity index (χ0) is 12.4. The Labute approximate surface area is 101 Å². The van der Waals surface area contributed by atoms with Gasteiger partial charge in [0.25, 0.3) is 0 Å². The third-order valence-corrected chi connectivity index (χ3v) is 2.79. The van der Waals surface area contributed by atoms with Crippen molar-refractivity contribution in [1.82, 2.24) is 9.55 Å². The molecule has 90 valence electrons. The molecule has 0 saturated carbocycles. The lowest BCUT2D eigenvalue weighted by molar-refractivity contribution is 0.271. The molecule has 0 aliphatic heterocycles. The smallest absolute Gasteiger partial charge is 0.177 e. The number of benzene rings is 1. The molecule has 2 rings (SSSR count). The van der Waals surface area contributed by atoms with Gasteiger partial charge in [-0.05, 0) is 30.4 Å². The Kier molecular flexibility index (Phi) is 3.35. The number of hydrogen-bond donors (Lipinski definition) is 2. The van der Waals surface area contributed by atoms with Crippen LogP contribution in [0, 0.1) is 16.4 Å². The van der Waals surface area contributed by atoms with Crippen LogP contribution in [0.15, 0.2) is 24.4 Å². The van der Waals surface area contributed by atoms with Gasteiger partial charge in [-0.3, -0.25) is 0 Å². The van der Waals surface area contributed by atoms with E-state index in [9.17, 15) is 8.78 Å². The molecule has 3 nitrogen and oxygen atoms in total. The Hall–Kier alpha value is -1.53. The second-order valence-corrected chi connectivity index (χ2v) is 3.95. The number of nitrogens with one attached hydrogen (secondary N) is 1. The van der Waals surface area contributed by atoms with Crippen LogP contribution in [-0.4, -0.2) is 14.7 Å². The molecule has 0 saturated heterocycles. The number of aliphatic hydroxyl groups excluding tert-OH is 1. The SMILES string of the molecule is OCc1c[nH]c(=S)n1Cc1cc(F)ccc1F. The largest absolute Gasteiger partial charge is 0.390 e. The minimum absolute atomic E-state index is 0.0851. The van der Waals surface area contributed by atoms with Crippen molar-refractivity contribution in [3.05, 3.63) is 52.1 Å². The van der Waals surface area contributed by atoms with E-state index in [1.807, 2.05) is 0 Å². The van der Waals surface area contributed by atoms with Gasteiger partial charge in [0.05, 0.1) is 18.8 Å². The Morgan fingerprint density at radius 1 is 1.35 bits per heavy atom. The molecule has 1 aromatic carbocycles. The summed E-state index contributed by atoms with van der Waals surface area (Å²) in [6.45, 7) is -0.133. The second kappa shape index (κ2) is 4.77. The highest BCUT2D eigenvalue weighted by Crippen LogP contribution is 2.13. The first-order valence-corrected chi connectivity index (χ1v) is 5.34. The van der Waals surface area contributed by atoms with Crippen LogP contribution in [0.1, 0.15) is 11.3 Å². The summed E-state index contributed by atoms with van der Waals surface area (Å²) < 4.78 is 28.3. The fourth-order valence-electron chi connectivity index (χ4n) is 1.57. The zero-order valence-electron chi connectivity index (χ0n) is 8.78.